The lowest BCUT2D eigenvalue weighted by Gasteiger charge is -2.08. The second-order valence-corrected chi connectivity index (χ2v) is 3.51. The number of nitrogens with zero attached hydrogens (tertiary/aromatic N) is 1. The van der Waals surface area contributed by atoms with E-state index in [2.05, 4.69) is 0 Å². The van der Waals surface area contributed by atoms with Crippen molar-refractivity contribution < 1.29 is 13.9 Å². The van der Waals surface area contributed by atoms with Crippen LogP contribution in [-0.2, 0) is 0 Å². The van der Waals surface area contributed by atoms with Crippen LogP contribution in [0.4, 0.5) is 4.39 Å². The molecule has 0 aliphatic rings. The van der Waals surface area contributed by atoms with Crippen LogP contribution in [0.5, 0.6) is 11.5 Å². The van der Waals surface area contributed by atoms with Crippen LogP contribution in [0.15, 0.2) is 42.5 Å². The smallest absolute Gasteiger partial charge is 0.167 e. The fourth-order valence-electron chi connectivity index (χ4n) is 1.44. The largest absolute Gasteiger partial charge is 0.454 e. The summed E-state index contributed by atoms with van der Waals surface area (Å²) in [5.41, 5.74) is 0.546. The molecule has 0 amide bonds. The summed E-state index contributed by atoms with van der Waals surface area (Å²) in [5, 5.41) is 8.62. The molecule has 0 heterocycles. The lowest BCUT2D eigenvalue weighted by Crippen LogP contribution is -1.93. The SMILES string of the molecule is N#Cc1ccc(Oc2ccccc2C=O)c(F)c1. The van der Waals surface area contributed by atoms with E-state index >= 15 is 0 Å². The van der Waals surface area contributed by atoms with Crippen molar-refractivity contribution in [1.29, 1.82) is 5.26 Å². The summed E-state index contributed by atoms with van der Waals surface area (Å²) in [6, 6.07) is 12.2. The van der Waals surface area contributed by atoms with Crippen LogP contribution in [0.2, 0.25) is 0 Å². The van der Waals surface area contributed by atoms with Crippen LogP contribution >= 0.6 is 0 Å². The highest BCUT2D eigenvalue weighted by atomic mass is 19.1. The number of benzene rings is 2. The van der Waals surface area contributed by atoms with Crippen LogP contribution in [0.25, 0.3) is 0 Å². The third-order valence-electron chi connectivity index (χ3n) is 2.33. The van der Waals surface area contributed by atoms with E-state index in [1.807, 2.05) is 6.07 Å². The highest BCUT2D eigenvalue weighted by Gasteiger charge is 2.08. The van der Waals surface area contributed by atoms with Crippen molar-refractivity contribution in [3.8, 4) is 17.6 Å². The molecule has 0 spiro atoms. The Hall–Kier alpha value is -2.67. The minimum absolute atomic E-state index is 0.0247. The average Bonchev–Trinajstić information content (AvgIpc) is 2.41. The molecule has 0 aliphatic carbocycles. The summed E-state index contributed by atoms with van der Waals surface area (Å²) in [6.45, 7) is 0. The van der Waals surface area contributed by atoms with Crippen molar-refractivity contribution in [2.45, 2.75) is 0 Å². The van der Waals surface area contributed by atoms with E-state index in [-0.39, 0.29) is 17.1 Å². The number of halogens is 1. The summed E-state index contributed by atoms with van der Waals surface area (Å²) in [6.07, 6.45) is 0.636. The van der Waals surface area contributed by atoms with Gasteiger partial charge in [-0.25, -0.2) is 4.39 Å². The third kappa shape index (κ3) is 2.36. The number of hydrogen-bond donors (Lipinski definition) is 0. The molecule has 0 aromatic heterocycles. The molecule has 18 heavy (non-hydrogen) atoms. The summed E-state index contributed by atoms with van der Waals surface area (Å²) in [7, 11) is 0. The number of para-hydroxylation sites is 1. The van der Waals surface area contributed by atoms with Gasteiger partial charge in [0, 0.05) is 0 Å². The first kappa shape index (κ1) is 11.8. The van der Waals surface area contributed by atoms with Gasteiger partial charge in [-0.3, -0.25) is 4.79 Å². The second kappa shape index (κ2) is 5.11. The number of nitriles is 1. The monoisotopic (exact) mass is 241 g/mol. The van der Waals surface area contributed by atoms with Gasteiger partial charge in [-0.1, -0.05) is 12.1 Å². The number of hydrogen-bond acceptors (Lipinski definition) is 3. The average molecular weight is 241 g/mol. The first-order valence-electron chi connectivity index (χ1n) is 5.16. The molecule has 0 saturated heterocycles. The van der Waals surface area contributed by atoms with Crippen LogP contribution < -0.4 is 4.74 Å². The maximum atomic E-state index is 13.6. The van der Waals surface area contributed by atoms with E-state index in [1.54, 1.807) is 24.3 Å². The molecule has 4 heteroatoms. The highest BCUT2D eigenvalue weighted by molar-refractivity contribution is 5.79. The van der Waals surface area contributed by atoms with Gasteiger partial charge in [0.05, 0.1) is 17.2 Å². The lowest BCUT2D eigenvalue weighted by atomic mass is 10.2. The molecule has 0 unspecified atom stereocenters. The zero-order valence-corrected chi connectivity index (χ0v) is 9.26. The van der Waals surface area contributed by atoms with Crippen molar-refractivity contribution in [3.05, 3.63) is 59.4 Å². The molecule has 0 bridgehead atoms. The maximum Gasteiger partial charge on any atom is 0.167 e. The molecule has 0 N–H and O–H groups in total. The molecule has 88 valence electrons. The van der Waals surface area contributed by atoms with Gasteiger partial charge in [0.2, 0.25) is 0 Å². The Bertz CT molecular complexity index is 632. The Morgan fingerprint density at radius 1 is 1.17 bits per heavy atom. The summed E-state index contributed by atoms with van der Waals surface area (Å²) in [4.78, 5) is 10.8. The molecule has 0 aliphatic heterocycles. The van der Waals surface area contributed by atoms with Crippen LogP contribution in [-0.4, -0.2) is 6.29 Å². The number of aldehydes is 1. The Morgan fingerprint density at radius 2 is 1.94 bits per heavy atom. The Morgan fingerprint density at radius 3 is 2.61 bits per heavy atom. The normalized spacial score (nSPS) is 9.56. The number of ether oxygens (including phenoxy) is 1. The molecule has 0 atom stereocenters. The molecule has 0 radical (unpaired) electrons. The predicted molar refractivity (Wildman–Crippen MR) is 63.0 cm³/mol. The van der Waals surface area contributed by atoms with Gasteiger partial charge in [0.1, 0.15) is 5.75 Å². The third-order valence-corrected chi connectivity index (χ3v) is 2.33. The van der Waals surface area contributed by atoms with Crippen LogP contribution in [0, 0.1) is 17.1 Å². The van der Waals surface area contributed by atoms with Crippen molar-refractivity contribution in [2.24, 2.45) is 0 Å². The molecular weight excluding hydrogens is 233 g/mol. The number of rotatable bonds is 3. The standard InChI is InChI=1S/C14H8FNO2/c15-12-7-10(8-16)5-6-14(12)18-13-4-2-1-3-11(13)9-17/h1-7,9H. The summed E-state index contributed by atoms with van der Waals surface area (Å²) < 4.78 is 18.9. The quantitative estimate of drug-likeness (QED) is 0.774. The zero-order chi connectivity index (χ0) is 13.0. The van der Waals surface area contributed by atoms with Crippen molar-refractivity contribution in [3.63, 3.8) is 0 Å². The van der Waals surface area contributed by atoms with Crippen LogP contribution in [0.3, 0.4) is 0 Å². The van der Waals surface area contributed by atoms with E-state index in [0.717, 1.165) is 6.07 Å². The van der Waals surface area contributed by atoms with Crippen molar-refractivity contribution in [2.75, 3.05) is 0 Å². The molecule has 0 saturated carbocycles. The minimum Gasteiger partial charge on any atom is -0.454 e. The molecule has 2 aromatic rings. The number of carbonyl (C=O) groups is 1. The Labute approximate surface area is 103 Å². The van der Waals surface area contributed by atoms with Gasteiger partial charge in [-0.2, -0.15) is 5.26 Å². The lowest BCUT2D eigenvalue weighted by molar-refractivity contribution is 0.112. The van der Waals surface area contributed by atoms with E-state index in [1.165, 1.54) is 12.1 Å². The minimum atomic E-state index is -0.644. The highest BCUT2D eigenvalue weighted by Crippen LogP contribution is 2.27. The first-order chi connectivity index (χ1) is 8.74. The predicted octanol–water partition coefficient (Wildman–Crippen LogP) is 3.30. The summed E-state index contributed by atoms with van der Waals surface area (Å²) in [5.74, 6) is -0.394. The van der Waals surface area contributed by atoms with Gasteiger partial charge in [0.25, 0.3) is 0 Å². The van der Waals surface area contributed by atoms with Gasteiger partial charge in [-0.05, 0) is 30.3 Å². The molecular formula is C14H8FNO2. The van der Waals surface area contributed by atoms with Gasteiger partial charge >= 0.3 is 0 Å². The topological polar surface area (TPSA) is 50.1 Å². The Balaban J connectivity index is 2.35. The fourth-order valence-corrected chi connectivity index (χ4v) is 1.44. The molecule has 3 nitrogen and oxygen atoms in total. The Kier molecular flexibility index (Phi) is 3.35. The van der Waals surface area contributed by atoms with Crippen molar-refractivity contribution >= 4 is 6.29 Å². The van der Waals surface area contributed by atoms with E-state index < -0.39 is 5.82 Å². The maximum absolute atomic E-state index is 13.6. The van der Waals surface area contributed by atoms with E-state index in [9.17, 15) is 9.18 Å². The van der Waals surface area contributed by atoms with E-state index in [0.29, 0.717) is 11.8 Å². The zero-order valence-electron chi connectivity index (χ0n) is 9.26. The second-order valence-electron chi connectivity index (χ2n) is 3.51. The van der Waals surface area contributed by atoms with Gasteiger partial charge in [-0.15, -0.1) is 0 Å². The number of carbonyl (C=O) groups excluding carboxylic acids is 1. The molecule has 2 aromatic carbocycles. The van der Waals surface area contributed by atoms with Crippen molar-refractivity contribution in [1.82, 2.24) is 0 Å². The molecule has 2 rings (SSSR count). The van der Waals surface area contributed by atoms with Crippen LogP contribution in [0.1, 0.15) is 15.9 Å². The summed E-state index contributed by atoms with van der Waals surface area (Å²) >= 11 is 0. The fraction of sp³-hybridized carbons (Fsp3) is 0. The van der Waals surface area contributed by atoms with E-state index in [4.69, 9.17) is 10.00 Å². The van der Waals surface area contributed by atoms with Gasteiger partial charge in [0.15, 0.2) is 17.9 Å². The van der Waals surface area contributed by atoms with Gasteiger partial charge < -0.3 is 4.74 Å². The molecule has 0 fully saturated rings. The first-order valence-corrected chi connectivity index (χ1v) is 5.16.